The molecule has 1 fully saturated rings. The maximum atomic E-state index is 1.78. The van der Waals surface area contributed by atoms with Gasteiger partial charge in [-0.3, -0.25) is 0 Å². The van der Waals surface area contributed by atoms with Crippen LogP contribution in [0.5, 0.6) is 0 Å². The zero-order valence-corrected chi connectivity index (χ0v) is 13.2. The highest BCUT2D eigenvalue weighted by Crippen LogP contribution is 1.74. The van der Waals surface area contributed by atoms with E-state index in [1.54, 1.807) is 9.76 Å². The summed E-state index contributed by atoms with van der Waals surface area (Å²) in [4.78, 5) is 0. The van der Waals surface area contributed by atoms with Crippen LogP contribution in [0.1, 0.15) is 0 Å². The Morgan fingerprint density at radius 1 is 1.14 bits per heavy atom. The van der Waals surface area contributed by atoms with E-state index in [-0.39, 0.29) is 11.0 Å². The van der Waals surface area contributed by atoms with Crippen LogP contribution in [-0.2, 0) is 0 Å². The molecule has 1 aliphatic rings. The van der Waals surface area contributed by atoms with Crippen LogP contribution in [0.15, 0.2) is 0 Å². The van der Waals surface area contributed by atoms with E-state index in [1.165, 1.54) is 0 Å². The minimum absolute atomic E-state index is 0. The standard InChI is InChI=1S/H12Si6.H4Si/c1-6-4-2-3-5-6;/h6H,2-5H2,1H3;1H4. The van der Waals surface area contributed by atoms with Crippen LogP contribution in [0.3, 0.4) is 0 Å². The van der Waals surface area contributed by atoms with Gasteiger partial charge in [-0.05, 0) is 62.3 Å². The zero-order valence-electron chi connectivity index (χ0n) is 4.41. The Labute approximate surface area is 62.3 Å². The van der Waals surface area contributed by atoms with Crippen LogP contribution in [0.25, 0.3) is 0 Å². The van der Waals surface area contributed by atoms with Crippen LogP contribution >= 0.6 is 0 Å². The van der Waals surface area contributed by atoms with Gasteiger partial charge in [-0.2, -0.15) is 0 Å². The molecule has 0 amide bonds. The Balaban J connectivity index is 0.000000360. The molecule has 1 rings (SSSR count). The first-order chi connectivity index (χ1) is 2.89. The van der Waals surface area contributed by atoms with E-state index < -0.39 is 0 Å². The number of rotatable bonds is 0. The molecule has 0 atom stereocenters. The van der Waals surface area contributed by atoms with Crippen molar-refractivity contribution >= 4 is 62.3 Å². The van der Waals surface area contributed by atoms with Crippen LogP contribution in [0.4, 0.5) is 0 Å². The summed E-state index contributed by atoms with van der Waals surface area (Å²) in [5, 5.41) is 0. The SMILES string of the molecule is [SiH3][SiH]1[SiH2][SiH2][SiH2][SiH2]1.[SiH4]. The van der Waals surface area contributed by atoms with Gasteiger partial charge in [-0.25, -0.2) is 0 Å². The van der Waals surface area contributed by atoms with Crippen molar-refractivity contribution in [1.29, 1.82) is 0 Å². The van der Waals surface area contributed by atoms with E-state index in [1.807, 2.05) is 0 Å². The van der Waals surface area contributed by atoms with Gasteiger partial charge in [0.15, 0.2) is 0 Å². The topological polar surface area (TPSA) is 0 Å². The molecule has 1 saturated heterocycles. The van der Waals surface area contributed by atoms with Crippen molar-refractivity contribution in [3.05, 3.63) is 0 Å². The van der Waals surface area contributed by atoms with Gasteiger partial charge in [0.25, 0.3) is 0 Å². The van der Waals surface area contributed by atoms with E-state index in [4.69, 9.17) is 0 Å². The second-order valence-electron chi connectivity index (χ2n) is 2.39. The predicted molar refractivity (Wildman–Crippen MR) is 62.6 cm³/mol. The Morgan fingerprint density at radius 3 is 1.71 bits per heavy atom. The third-order valence-corrected chi connectivity index (χ3v) is 133. The van der Waals surface area contributed by atoms with Crippen molar-refractivity contribution in [2.75, 3.05) is 0 Å². The number of hydrogen-bond acceptors (Lipinski definition) is 0. The first-order valence-electron chi connectivity index (χ1n) is 2.89. The molecule has 44 valence electrons. The van der Waals surface area contributed by atoms with Crippen LogP contribution < -0.4 is 0 Å². The van der Waals surface area contributed by atoms with Crippen molar-refractivity contribution < 1.29 is 0 Å². The summed E-state index contributed by atoms with van der Waals surface area (Å²) in [5.41, 5.74) is 0. The Morgan fingerprint density at radius 2 is 1.57 bits per heavy atom. The quantitative estimate of drug-likeness (QED) is 0.351. The summed E-state index contributed by atoms with van der Waals surface area (Å²) in [6.07, 6.45) is 0. The zero-order chi connectivity index (χ0) is 4.41. The summed E-state index contributed by atoms with van der Waals surface area (Å²) < 4.78 is 0. The minimum atomic E-state index is 0. The number of hydrogen-bond donors (Lipinski definition) is 0. The molecule has 0 spiro atoms. The van der Waals surface area contributed by atoms with Gasteiger partial charge in [0.2, 0.25) is 0 Å². The van der Waals surface area contributed by atoms with Gasteiger partial charge in [-0.1, -0.05) is 0 Å². The van der Waals surface area contributed by atoms with E-state index in [0.29, 0.717) is 7.35 Å². The predicted octanol–water partition coefficient (Wildman–Crippen LogP) is -6.95. The molecular weight excluding hydrogens is 197 g/mol. The molecule has 0 N–H and O–H groups in total. The normalized spacial score (nSPS) is 43.7. The Kier molecular flexibility index (Phi) is 5.36. The van der Waals surface area contributed by atoms with Crippen molar-refractivity contribution in [1.82, 2.24) is 0 Å². The molecule has 0 aromatic heterocycles. The summed E-state index contributed by atoms with van der Waals surface area (Å²) in [6, 6.07) is 0. The van der Waals surface area contributed by atoms with Gasteiger partial charge in [0.05, 0.1) is 0 Å². The van der Waals surface area contributed by atoms with Crippen molar-refractivity contribution in [3.63, 3.8) is 0 Å². The second kappa shape index (κ2) is 4.40. The van der Waals surface area contributed by atoms with Crippen LogP contribution in [0, 0.1) is 0 Å². The smallest absolute Gasteiger partial charge is 0.00747 e. The van der Waals surface area contributed by atoms with E-state index in [2.05, 4.69) is 0 Å². The van der Waals surface area contributed by atoms with Crippen molar-refractivity contribution in [3.8, 4) is 0 Å². The molecule has 7 heavy (non-hydrogen) atoms. The second-order valence-corrected chi connectivity index (χ2v) is 64.5. The van der Waals surface area contributed by atoms with Gasteiger partial charge in [-0.15, -0.1) is 0 Å². The molecule has 0 nitrogen and oxygen atoms in total. The lowest BCUT2D eigenvalue weighted by Gasteiger charge is -1.87. The summed E-state index contributed by atoms with van der Waals surface area (Å²) >= 11 is 0. The maximum absolute atomic E-state index is 1.78. The van der Waals surface area contributed by atoms with Crippen molar-refractivity contribution in [2.45, 2.75) is 0 Å². The molecule has 0 unspecified atom stereocenters. The fourth-order valence-electron chi connectivity index (χ4n) is 1.13. The molecular formula is H16Si7. The minimum Gasteiger partial charge on any atom is -0.0149 e. The average Bonchev–Trinajstić information content (AvgIpc) is 1.86. The van der Waals surface area contributed by atoms with E-state index >= 15 is 0 Å². The first-order valence-corrected chi connectivity index (χ1v) is 26.0. The molecule has 0 radical (unpaired) electrons. The summed E-state index contributed by atoms with van der Waals surface area (Å²) in [7, 11) is 6.00. The fraction of sp³-hybridized carbons (Fsp3) is 0. The largest absolute Gasteiger partial charge is 0.0149 e. The van der Waals surface area contributed by atoms with E-state index in [9.17, 15) is 0 Å². The monoisotopic (exact) mass is 212 g/mol. The third kappa shape index (κ3) is 3.16. The molecule has 0 aromatic rings. The molecule has 1 aliphatic heterocycles. The maximum Gasteiger partial charge on any atom is -0.00747 e. The third-order valence-electron chi connectivity index (χ3n) is 1.64. The van der Waals surface area contributed by atoms with Gasteiger partial charge < -0.3 is 0 Å². The van der Waals surface area contributed by atoms with Crippen molar-refractivity contribution in [2.24, 2.45) is 0 Å². The lowest BCUT2D eigenvalue weighted by Crippen LogP contribution is -2.24. The lowest BCUT2D eigenvalue weighted by molar-refractivity contribution is 3.89. The molecule has 0 aliphatic carbocycles. The van der Waals surface area contributed by atoms with Gasteiger partial charge in [0, 0.05) is 0 Å². The van der Waals surface area contributed by atoms with Gasteiger partial charge in [0.1, 0.15) is 0 Å². The molecule has 0 bridgehead atoms. The Hall–Kier alpha value is 1.52. The first kappa shape index (κ1) is 8.52. The van der Waals surface area contributed by atoms with E-state index in [0.717, 1.165) is 34.2 Å². The Bertz CT molecular complexity index is 33.3. The highest BCUT2D eigenvalue weighted by molar-refractivity contribution is 7.87. The fourth-order valence-corrected chi connectivity index (χ4v) is 275. The average molecular weight is 213 g/mol. The summed E-state index contributed by atoms with van der Waals surface area (Å²) in [6.45, 7) is 0. The highest BCUT2D eigenvalue weighted by atomic mass is 30.2. The molecule has 7 heteroatoms. The highest BCUT2D eigenvalue weighted by Gasteiger charge is 2.11. The molecule has 0 aromatic carbocycles. The lowest BCUT2D eigenvalue weighted by atomic mass is 26.2. The van der Waals surface area contributed by atoms with Crippen LogP contribution in [-0.4, -0.2) is 62.3 Å². The van der Waals surface area contributed by atoms with Gasteiger partial charge >= 0.3 is 0 Å². The molecule has 0 saturated carbocycles. The molecule has 1 heterocycles. The summed E-state index contributed by atoms with van der Waals surface area (Å²) in [5.74, 6) is 0. The van der Waals surface area contributed by atoms with Crippen LogP contribution in [0.2, 0.25) is 0 Å².